The van der Waals surface area contributed by atoms with Crippen LogP contribution < -0.4 is 10.2 Å². The van der Waals surface area contributed by atoms with Gasteiger partial charge in [0.1, 0.15) is 6.07 Å². The highest BCUT2D eigenvalue weighted by molar-refractivity contribution is 7.89. The van der Waals surface area contributed by atoms with Crippen LogP contribution in [0.4, 0.5) is 0 Å². The third-order valence-corrected chi connectivity index (χ3v) is 7.03. The van der Waals surface area contributed by atoms with Crippen molar-refractivity contribution in [2.45, 2.75) is 4.90 Å². The molecule has 1 amide bonds. The highest BCUT2D eigenvalue weighted by Crippen LogP contribution is 2.18. The van der Waals surface area contributed by atoms with E-state index in [2.05, 4.69) is 10.5 Å². The van der Waals surface area contributed by atoms with Gasteiger partial charge in [0.25, 0.3) is 5.91 Å². The molecule has 0 saturated heterocycles. The summed E-state index contributed by atoms with van der Waals surface area (Å²) < 4.78 is 29.1. The molecule has 2 aromatic carbocycles. The maximum absolute atomic E-state index is 12.7. The van der Waals surface area contributed by atoms with Gasteiger partial charge in [-0.05, 0) is 24.3 Å². The van der Waals surface area contributed by atoms with Gasteiger partial charge in [-0.25, -0.2) is 13.8 Å². The van der Waals surface area contributed by atoms with Gasteiger partial charge < -0.3 is 4.57 Å². The van der Waals surface area contributed by atoms with E-state index < -0.39 is 22.5 Å². The first-order chi connectivity index (χ1) is 13.3. The molecule has 144 valence electrons. The Balaban J connectivity index is 1.77. The summed E-state index contributed by atoms with van der Waals surface area (Å²) in [5.74, 6) is -0.585. The maximum atomic E-state index is 12.7. The van der Waals surface area contributed by atoms with E-state index in [1.54, 1.807) is 6.07 Å². The fourth-order valence-electron chi connectivity index (χ4n) is 2.57. The number of para-hydroxylation sites is 1. The van der Waals surface area contributed by atoms with Crippen LogP contribution in [0, 0.1) is 11.3 Å². The smallest absolute Gasteiger partial charge is 0.255 e. The standard InChI is InChI=1S/C18H17N5O3S2/c1-22(28(25,26)16-10-6-3-7-13(16)11-19)12-17(24)20-21-18-23(2)14-8-4-5-9-15(14)27-18/h3-10H,12H2,1-2H3,(H,20,24)/b21-18-. The number of rotatable bonds is 5. The molecule has 0 bridgehead atoms. The van der Waals surface area contributed by atoms with Crippen molar-refractivity contribution >= 4 is 37.5 Å². The lowest BCUT2D eigenvalue weighted by molar-refractivity contribution is -0.121. The van der Waals surface area contributed by atoms with Crippen LogP contribution in [0.25, 0.3) is 10.2 Å². The Bertz CT molecular complexity index is 1250. The van der Waals surface area contributed by atoms with Crippen LogP contribution in [-0.2, 0) is 21.9 Å². The summed E-state index contributed by atoms with van der Waals surface area (Å²) in [5, 5.41) is 13.2. The largest absolute Gasteiger partial charge is 0.318 e. The summed E-state index contributed by atoms with van der Waals surface area (Å²) in [6.07, 6.45) is 0. The molecular weight excluding hydrogens is 398 g/mol. The number of aromatic nitrogens is 1. The number of fused-ring (bicyclic) bond motifs is 1. The first-order valence-electron chi connectivity index (χ1n) is 8.17. The number of nitrogens with zero attached hydrogens (tertiary/aromatic N) is 4. The summed E-state index contributed by atoms with van der Waals surface area (Å²) in [7, 11) is -0.870. The van der Waals surface area contributed by atoms with Gasteiger partial charge in [-0.15, -0.1) is 5.10 Å². The number of amides is 1. The average molecular weight is 416 g/mol. The van der Waals surface area contributed by atoms with Crippen molar-refractivity contribution < 1.29 is 13.2 Å². The topological polar surface area (TPSA) is 108 Å². The van der Waals surface area contributed by atoms with Crippen molar-refractivity contribution in [2.24, 2.45) is 12.1 Å². The van der Waals surface area contributed by atoms with Gasteiger partial charge >= 0.3 is 0 Å². The third-order valence-electron chi connectivity index (χ3n) is 4.05. The highest BCUT2D eigenvalue weighted by Gasteiger charge is 2.25. The van der Waals surface area contributed by atoms with Crippen molar-refractivity contribution in [3.05, 3.63) is 58.9 Å². The monoisotopic (exact) mass is 415 g/mol. The fraction of sp³-hybridized carbons (Fsp3) is 0.167. The normalized spacial score (nSPS) is 12.3. The molecule has 0 atom stereocenters. The number of aryl methyl sites for hydroxylation is 1. The molecular formula is C18H17N5O3S2. The molecule has 28 heavy (non-hydrogen) atoms. The zero-order chi connectivity index (χ0) is 20.3. The lowest BCUT2D eigenvalue weighted by atomic mass is 10.2. The van der Waals surface area contributed by atoms with Crippen LogP contribution in [0.5, 0.6) is 0 Å². The van der Waals surface area contributed by atoms with Gasteiger partial charge in [-0.2, -0.15) is 9.57 Å². The first kappa shape index (κ1) is 19.8. The molecule has 1 aromatic heterocycles. The molecule has 3 aromatic rings. The SMILES string of the molecule is CN(CC(=O)N/N=c1\sc2ccccc2n1C)S(=O)(=O)c1ccccc1C#N. The number of carbonyl (C=O) groups is 1. The predicted molar refractivity (Wildman–Crippen MR) is 105 cm³/mol. The minimum Gasteiger partial charge on any atom is -0.318 e. The molecule has 0 aliphatic carbocycles. The summed E-state index contributed by atoms with van der Waals surface area (Å²) in [6.45, 7) is -0.430. The number of benzene rings is 2. The number of likely N-dealkylation sites (N-methyl/N-ethyl adjacent to an activating group) is 1. The average Bonchev–Trinajstić information content (AvgIpc) is 3.02. The second kappa shape index (κ2) is 7.93. The molecule has 1 N–H and O–H groups in total. The quantitative estimate of drug-likeness (QED) is 0.635. The van der Waals surface area contributed by atoms with E-state index in [-0.39, 0.29) is 10.5 Å². The third kappa shape index (κ3) is 3.82. The number of hydrogen-bond donors (Lipinski definition) is 1. The van der Waals surface area contributed by atoms with Gasteiger partial charge in [-0.1, -0.05) is 35.6 Å². The van der Waals surface area contributed by atoms with E-state index in [0.717, 1.165) is 14.5 Å². The molecule has 0 unspecified atom stereocenters. The summed E-state index contributed by atoms with van der Waals surface area (Å²) >= 11 is 1.41. The highest BCUT2D eigenvalue weighted by atomic mass is 32.2. The molecule has 3 rings (SSSR count). The molecule has 0 radical (unpaired) electrons. The Kier molecular flexibility index (Phi) is 5.60. The van der Waals surface area contributed by atoms with Crippen LogP contribution in [0.3, 0.4) is 0 Å². The second-order valence-electron chi connectivity index (χ2n) is 5.93. The Morgan fingerprint density at radius 1 is 1.25 bits per heavy atom. The first-order valence-corrected chi connectivity index (χ1v) is 10.4. The number of carbonyl (C=O) groups excluding carboxylic acids is 1. The lowest BCUT2D eigenvalue weighted by Gasteiger charge is -2.16. The molecule has 8 nitrogen and oxygen atoms in total. The van der Waals surface area contributed by atoms with E-state index >= 15 is 0 Å². The summed E-state index contributed by atoms with van der Waals surface area (Å²) in [5.41, 5.74) is 3.39. The molecule has 0 aliphatic heterocycles. The van der Waals surface area contributed by atoms with E-state index in [9.17, 15) is 13.2 Å². The lowest BCUT2D eigenvalue weighted by Crippen LogP contribution is -2.37. The van der Waals surface area contributed by atoms with Crippen molar-refractivity contribution in [3.8, 4) is 6.07 Å². The van der Waals surface area contributed by atoms with Crippen molar-refractivity contribution in [2.75, 3.05) is 13.6 Å². The van der Waals surface area contributed by atoms with Crippen LogP contribution >= 0.6 is 11.3 Å². The predicted octanol–water partition coefficient (Wildman–Crippen LogP) is 1.36. The Morgan fingerprint density at radius 3 is 2.64 bits per heavy atom. The van der Waals surface area contributed by atoms with Crippen molar-refractivity contribution in [1.29, 1.82) is 5.26 Å². The van der Waals surface area contributed by atoms with Crippen LogP contribution in [-0.4, -0.2) is 36.8 Å². The van der Waals surface area contributed by atoms with E-state index in [1.165, 1.54) is 36.6 Å². The van der Waals surface area contributed by atoms with E-state index in [4.69, 9.17) is 5.26 Å². The fourth-order valence-corrected chi connectivity index (χ4v) is 4.82. The van der Waals surface area contributed by atoms with E-state index in [1.807, 2.05) is 41.9 Å². The Hall–Kier alpha value is -3.00. The van der Waals surface area contributed by atoms with Crippen molar-refractivity contribution in [3.63, 3.8) is 0 Å². The van der Waals surface area contributed by atoms with Crippen LogP contribution in [0.2, 0.25) is 0 Å². The number of nitriles is 1. The molecule has 1 heterocycles. The maximum Gasteiger partial charge on any atom is 0.255 e. The molecule has 0 spiro atoms. The number of sulfonamides is 1. The minimum atomic E-state index is -3.98. The molecule has 10 heteroatoms. The zero-order valence-electron chi connectivity index (χ0n) is 15.2. The number of thiazole rings is 1. The van der Waals surface area contributed by atoms with Gasteiger partial charge in [0.2, 0.25) is 14.8 Å². The van der Waals surface area contributed by atoms with Crippen LogP contribution in [0.1, 0.15) is 5.56 Å². The van der Waals surface area contributed by atoms with Gasteiger partial charge in [0.15, 0.2) is 0 Å². The van der Waals surface area contributed by atoms with Gasteiger partial charge in [0.05, 0.1) is 27.2 Å². The molecule has 0 aliphatic rings. The Morgan fingerprint density at radius 2 is 1.93 bits per heavy atom. The Labute approximate surface area is 166 Å². The molecule has 0 saturated carbocycles. The second-order valence-corrected chi connectivity index (χ2v) is 8.95. The van der Waals surface area contributed by atoms with Crippen molar-refractivity contribution in [1.82, 2.24) is 14.3 Å². The van der Waals surface area contributed by atoms with Gasteiger partial charge in [-0.3, -0.25) is 4.79 Å². The number of nitrogens with one attached hydrogen (secondary N) is 1. The summed E-state index contributed by atoms with van der Waals surface area (Å²) in [6, 6.07) is 15.4. The van der Waals surface area contributed by atoms with Gasteiger partial charge in [0, 0.05) is 14.1 Å². The minimum absolute atomic E-state index is 0.0248. The summed E-state index contributed by atoms with van der Waals surface area (Å²) in [4.78, 5) is 12.6. The zero-order valence-corrected chi connectivity index (χ0v) is 16.8. The molecule has 0 fully saturated rings. The van der Waals surface area contributed by atoms with Crippen LogP contribution in [0.15, 0.2) is 58.5 Å². The number of hydrogen-bond acceptors (Lipinski definition) is 6. The van der Waals surface area contributed by atoms with E-state index in [0.29, 0.717) is 4.80 Å².